The quantitative estimate of drug-likeness (QED) is 0.427. The van der Waals surface area contributed by atoms with Gasteiger partial charge < -0.3 is 0 Å². The molecule has 2 heterocycles. The molecule has 4 unspecified atom stereocenters. The predicted octanol–water partition coefficient (Wildman–Crippen LogP) is 0.781. The van der Waals surface area contributed by atoms with Crippen molar-refractivity contribution in [3.8, 4) is 6.07 Å². The van der Waals surface area contributed by atoms with Crippen LogP contribution in [0.25, 0.3) is 0 Å². The summed E-state index contributed by atoms with van der Waals surface area (Å²) >= 11 is 0. The Morgan fingerprint density at radius 2 is 1.67 bits per heavy atom. The third-order valence-corrected chi connectivity index (χ3v) is 5.72. The minimum Gasteiger partial charge on any atom is -0.290 e. The predicted molar refractivity (Wildman–Crippen MR) is 74.6 cm³/mol. The SMILES string of the molecule is N#CCN1CCC(N2C(=O)C3C4C=CC(C4)C3C2=O)CC1. The number of rotatable bonds is 2. The summed E-state index contributed by atoms with van der Waals surface area (Å²) in [5, 5.41) is 8.74. The molecule has 2 bridgehead atoms. The van der Waals surface area contributed by atoms with Crippen molar-refractivity contribution in [3.63, 3.8) is 0 Å². The van der Waals surface area contributed by atoms with E-state index in [4.69, 9.17) is 5.26 Å². The molecule has 0 N–H and O–H groups in total. The third-order valence-electron chi connectivity index (χ3n) is 5.72. The Kier molecular flexibility index (Phi) is 2.90. The molecule has 4 rings (SSSR count). The summed E-state index contributed by atoms with van der Waals surface area (Å²) in [7, 11) is 0. The largest absolute Gasteiger partial charge is 0.290 e. The van der Waals surface area contributed by atoms with Gasteiger partial charge in [0.25, 0.3) is 0 Å². The molecule has 0 aromatic carbocycles. The lowest BCUT2D eigenvalue weighted by atomic mass is 9.85. The Hall–Kier alpha value is -1.67. The molecule has 2 aliphatic carbocycles. The van der Waals surface area contributed by atoms with Gasteiger partial charge >= 0.3 is 0 Å². The first-order valence-electron chi connectivity index (χ1n) is 7.85. The molecule has 110 valence electrons. The Morgan fingerprint density at radius 3 is 2.19 bits per heavy atom. The van der Waals surface area contributed by atoms with Gasteiger partial charge in [-0.25, -0.2) is 0 Å². The van der Waals surface area contributed by atoms with E-state index in [0.29, 0.717) is 18.4 Å². The van der Waals surface area contributed by atoms with Gasteiger partial charge in [0, 0.05) is 19.1 Å². The van der Waals surface area contributed by atoms with Crippen LogP contribution in [-0.4, -0.2) is 47.3 Å². The summed E-state index contributed by atoms with van der Waals surface area (Å²) in [6, 6.07) is 2.21. The maximum atomic E-state index is 12.7. The summed E-state index contributed by atoms with van der Waals surface area (Å²) in [5.74, 6) is 0.565. The second-order valence-corrected chi connectivity index (χ2v) is 6.71. The summed E-state index contributed by atoms with van der Waals surface area (Å²) in [6.07, 6.45) is 6.87. The molecule has 0 aromatic heterocycles. The highest BCUT2D eigenvalue weighted by molar-refractivity contribution is 6.06. The number of nitrogens with zero attached hydrogens (tertiary/aromatic N) is 3. The summed E-state index contributed by atoms with van der Waals surface area (Å²) in [4.78, 5) is 29.1. The first-order chi connectivity index (χ1) is 10.2. The van der Waals surface area contributed by atoms with E-state index in [0.717, 1.165) is 32.4 Å². The van der Waals surface area contributed by atoms with Gasteiger partial charge in [-0.2, -0.15) is 5.26 Å². The zero-order chi connectivity index (χ0) is 14.6. The van der Waals surface area contributed by atoms with Gasteiger partial charge in [-0.05, 0) is 31.1 Å². The Bertz CT molecular complexity index is 526. The van der Waals surface area contributed by atoms with Crippen LogP contribution >= 0.6 is 0 Å². The van der Waals surface area contributed by atoms with E-state index in [9.17, 15) is 9.59 Å². The standard InChI is InChI=1S/C16H19N3O2/c17-5-8-18-6-3-12(4-7-18)19-15(20)13-10-1-2-11(9-10)14(13)16(19)21/h1-2,10-14H,3-4,6-9H2. The third kappa shape index (κ3) is 1.78. The number of imide groups is 1. The molecule has 0 radical (unpaired) electrons. The fourth-order valence-corrected chi connectivity index (χ4v) is 4.72. The lowest BCUT2D eigenvalue weighted by molar-refractivity contribution is -0.144. The molecular weight excluding hydrogens is 266 g/mol. The molecule has 2 saturated heterocycles. The molecule has 5 nitrogen and oxygen atoms in total. The highest BCUT2D eigenvalue weighted by Crippen LogP contribution is 2.53. The molecule has 4 aliphatic rings. The molecule has 3 fully saturated rings. The van der Waals surface area contributed by atoms with Crippen molar-refractivity contribution >= 4 is 11.8 Å². The van der Waals surface area contributed by atoms with Crippen LogP contribution in [-0.2, 0) is 9.59 Å². The van der Waals surface area contributed by atoms with Gasteiger partial charge in [-0.1, -0.05) is 12.2 Å². The molecule has 0 spiro atoms. The number of hydrogen-bond donors (Lipinski definition) is 0. The van der Waals surface area contributed by atoms with Crippen molar-refractivity contribution in [1.82, 2.24) is 9.80 Å². The van der Waals surface area contributed by atoms with Crippen LogP contribution in [0.4, 0.5) is 0 Å². The van der Waals surface area contributed by atoms with Crippen LogP contribution in [0.5, 0.6) is 0 Å². The zero-order valence-corrected chi connectivity index (χ0v) is 11.9. The van der Waals surface area contributed by atoms with E-state index in [1.807, 2.05) is 0 Å². The van der Waals surface area contributed by atoms with E-state index in [1.165, 1.54) is 0 Å². The Morgan fingerprint density at radius 1 is 1.10 bits per heavy atom. The lowest BCUT2D eigenvalue weighted by Gasteiger charge is -2.35. The van der Waals surface area contributed by atoms with Crippen LogP contribution in [0, 0.1) is 35.0 Å². The molecule has 21 heavy (non-hydrogen) atoms. The molecule has 1 saturated carbocycles. The van der Waals surface area contributed by atoms with Crippen molar-refractivity contribution in [3.05, 3.63) is 12.2 Å². The monoisotopic (exact) mass is 285 g/mol. The average molecular weight is 285 g/mol. The number of nitriles is 1. The van der Waals surface area contributed by atoms with E-state index in [2.05, 4.69) is 23.1 Å². The summed E-state index contributed by atoms with van der Waals surface area (Å²) in [6.45, 7) is 2.04. The van der Waals surface area contributed by atoms with Crippen LogP contribution in [0.1, 0.15) is 19.3 Å². The zero-order valence-electron chi connectivity index (χ0n) is 11.9. The molecule has 5 heteroatoms. The number of carbonyl (C=O) groups excluding carboxylic acids is 2. The normalized spacial score (nSPS) is 39.1. The van der Waals surface area contributed by atoms with Crippen LogP contribution < -0.4 is 0 Å². The Labute approximate surface area is 124 Å². The van der Waals surface area contributed by atoms with Gasteiger partial charge in [0.1, 0.15) is 0 Å². The molecule has 2 amide bonds. The topological polar surface area (TPSA) is 64.4 Å². The van der Waals surface area contributed by atoms with Crippen molar-refractivity contribution in [2.75, 3.05) is 19.6 Å². The van der Waals surface area contributed by atoms with Gasteiger partial charge in [0.2, 0.25) is 11.8 Å². The van der Waals surface area contributed by atoms with Crippen molar-refractivity contribution < 1.29 is 9.59 Å². The molecular formula is C16H19N3O2. The number of carbonyl (C=O) groups is 2. The van der Waals surface area contributed by atoms with Crippen LogP contribution in [0.3, 0.4) is 0 Å². The van der Waals surface area contributed by atoms with Crippen molar-refractivity contribution in [2.45, 2.75) is 25.3 Å². The fraction of sp³-hybridized carbons (Fsp3) is 0.688. The lowest BCUT2D eigenvalue weighted by Crippen LogP contribution is -2.48. The number of allylic oxidation sites excluding steroid dienone is 2. The van der Waals surface area contributed by atoms with E-state index in [-0.39, 0.29) is 29.7 Å². The van der Waals surface area contributed by atoms with Crippen molar-refractivity contribution in [1.29, 1.82) is 5.26 Å². The Balaban J connectivity index is 1.49. The molecule has 2 aliphatic heterocycles. The second kappa shape index (κ2) is 4.67. The number of fused-ring (bicyclic) bond motifs is 5. The summed E-state index contributed by atoms with van der Waals surface area (Å²) < 4.78 is 0. The fourth-order valence-electron chi connectivity index (χ4n) is 4.72. The first-order valence-corrected chi connectivity index (χ1v) is 7.85. The smallest absolute Gasteiger partial charge is 0.233 e. The number of likely N-dealkylation sites (tertiary alicyclic amines) is 2. The van der Waals surface area contributed by atoms with Crippen LogP contribution in [0.2, 0.25) is 0 Å². The van der Waals surface area contributed by atoms with Crippen LogP contribution in [0.15, 0.2) is 12.2 Å². The van der Waals surface area contributed by atoms with Gasteiger partial charge in [0.15, 0.2) is 0 Å². The van der Waals surface area contributed by atoms with Crippen molar-refractivity contribution in [2.24, 2.45) is 23.7 Å². The molecule has 0 aromatic rings. The highest BCUT2D eigenvalue weighted by Gasteiger charge is 2.60. The van der Waals surface area contributed by atoms with Gasteiger partial charge in [-0.15, -0.1) is 0 Å². The van der Waals surface area contributed by atoms with E-state index >= 15 is 0 Å². The summed E-state index contributed by atoms with van der Waals surface area (Å²) in [5.41, 5.74) is 0. The molecule has 4 atom stereocenters. The first kappa shape index (κ1) is 13.0. The van der Waals surface area contributed by atoms with Gasteiger partial charge in [0.05, 0.1) is 24.4 Å². The van der Waals surface area contributed by atoms with E-state index in [1.54, 1.807) is 4.90 Å². The highest BCUT2D eigenvalue weighted by atomic mass is 16.2. The number of amides is 2. The maximum Gasteiger partial charge on any atom is 0.233 e. The average Bonchev–Trinajstić information content (AvgIpc) is 3.15. The number of hydrogen-bond acceptors (Lipinski definition) is 4. The maximum absolute atomic E-state index is 12.7. The minimum atomic E-state index is -0.0790. The minimum absolute atomic E-state index is 0.0462. The van der Waals surface area contributed by atoms with Gasteiger partial charge in [-0.3, -0.25) is 19.4 Å². The van der Waals surface area contributed by atoms with E-state index < -0.39 is 0 Å². The second-order valence-electron chi connectivity index (χ2n) is 6.71. The number of piperidine rings is 1.